The van der Waals surface area contributed by atoms with Crippen LogP contribution in [0.1, 0.15) is 39.2 Å². The molecule has 1 saturated heterocycles. The summed E-state index contributed by atoms with van der Waals surface area (Å²) in [6.07, 6.45) is 0. The predicted octanol–water partition coefficient (Wildman–Crippen LogP) is 3.11. The minimum absolute atomic E-state index is 0.368. The van der Waals surface area contributed by atoms with Crippen LogP contribution in [0, 0.1) is 0 Å². The molecular weight excluding hydrogens is 256 g/mol. The number of rotatable bonds is 5. The van der Waals surface area contributed by atoms with E-state index in [1.807, 2.05) is 0 Å². The largest absolute Gasteiger partial charge is 0.463 e. The van der Waals surface area contributed by atoms with Crippen LogP contribution in [0.2, 0.25) is 0 Å². The van der Waals surface area contributed by atoms with Gasteiger partial charge in [-0.1, -0.05) is 13.8 Å². The maximum absolute atomic E-state index is 5.89. The molecule has 2 rings (SSSR count). The van der Waals surface area contributed by atoms with E-state index >= 15 is 0 Å². The number of nitrogens with one attached hydrogen (secondary N) is 1. The normalized spacial score (nSPS) is 20.1. The van der Waals surface area contributed by atoms with Crippen molar-refractivity contribution in [1.29, 1.82) is 0 Å². The molecule has 1 aliphatic heterocycles. The maximum atomic E-state index is 5.89. The number of nitrogens with zero attached hydrogens (tertiary/aromatic N) is 1. The first-order chi connectivity index (χ1) is 8.94. The van der Waals surface area contributed by atoms with Crippen molar-refractivity contribution in [2.75, 3.05) is 18.8 Å². The highest BCUT2D eigenvalue weighted by Crippen LogP contribution is 2.30. The van der Waals surface area contributed by atoms with Crippen LogP contribution in [0.25, 0.3) is 0 Å². The lowest BCUT2D eigenvalue weighted by Gasteiger charge is -2.37. The van der Waals surface area contributed by atoms with Gasteiger partial charge < -0.3 is 9.73 Å². The quantitative estimate of drug-likeness (QED) is 0.898. The standard InChI is InChI=1S/C15H26N2OS/c1-12(2)16-9-13-5-6-14(18-13)10-17-7-8-19-15(3,4)11-17/h5-6,12,16H,7-11H2,1-4H3. The van der Waals surface area contributed by atoms with E-state index in [0.717, 1.165) is 37.7 Å². The van der Waals surface area contributed by atoms with Crippen molar-refractivity contribution in [1.82, 2.24) is 10.2 Å². The van der Waals surface area contributed by atoms with Crippen LogP contribution in [-0.2, 0) is 13.1 Å². The van der Waals surface area contributed by atoms with Crippen molar-refractivity contribution in [3.05, 3.63) is 23.7 Å². The number of hydrogen-bond acceptors (Lipinski definition) is 4. The fourth-order valence-corrected chi connectivity index (χ4v) is 3.55. The molecule has 19 heavy (non-hydrogen) atoms. The summed E-state index contributed by atoms with van der Waals surface area (Å²) in [7, 11) is 0. The summed E-state index contributed by atoms with van der Waals surface area (Å²) in [4.78, 5) is 2.50. The molecule has 0 radical (unpaired) electrons. The number of furan rings is 1. The first-order valence-corrected chi connectivity index (χ1v) is 8.10. The maximum Gasteiger partial charge on any atom is 0.118 e. The summed E-state index contributed by atoms with van der Waals surface area (Å²) in [5.41, 5.74) is 0. The van der Waals surface area contributed by atoms with Gasteiger partial charge in [0, 0.05) is 29.6 Å². The molecule has 1 fully saturated rings. The van der Waals surface area contributed by atoms with E-state index in [1.165, 1.54) is 5.75 Å². The van der Waals surface area contributed by atoms with Gasteiger partial charge in [0.2, 0.25) is 0 Å². The van der Waals surface area contributed by atoms with Gasteiger partial charge in [0.15, 0.2) is 0 Å². The highest BCUT2D eigenvalue weighted by atomic mass is 32.2. The third-order valence-corrected chi connectivity index (χ3v) is 4.58. The van der Waals surface area contributed by atoms with Crippen LogP contribution in [0.3, 0.4) is 0 Å². The Balaban J connectivity index is 1.85. The van der Waals surface area contributed by atoms with Crippen LogP contribution in [0.15, 0.2) is 16.5 Å². The Morgan fingerprint density at radius 2 is 2.11 bits per heavy atom. The monoisotopic (exact) mass is 282 g/mol. The molecule has 0 unspecified atom stereocenters. The Morgan fingerprint density at radius 3 is 2.79 bits per heavy atom. The molecule has 1 aliphatic rings. The minimum Gasteiger partial charge on any atom is -0.463 e. The molecule has 0 amide bonds. The summed E-state index contributed by atoms with van der Waals surface area (Å²) in [5, 5.41) is 3.38. The number of hydrogen-bond donors (Lipinski definition) is 1. The predicted molar refractivity (Wildman–Crippen MR) is 82.5 cm³/mol. The second-order valence-electron chi connectivity index (χ2n) is 6.22. The lowest BCUT2D eigenvalue weighted by molar-refractivity contribution is 0.230. The Hall–Kier alpha value is -0.450. The summed E-state index contributed by atoms with van der Waals surface area (Å²) in [6, 6.07) is 4.70. The fourth-order valence-electron chi connectivity index (χ4n) is 2.38. The van der Waals surface area contributed by atoms with Gasteiger partial charge in [0.25, 0.3) is 0 Å². The second-order valence-corrected chi connectivity index (χ2v) is 8.02. The molecule has 0 aromatic carbocycles. The van der Waals surface area contributed by atoms with Crippen LogP contribution in [0.5, 0.6) is 0 Å². The minimum atomic E-state index is 0.368. The van der Waals surface area contributed by atoms with Crippen LogP contribution in [-0.4, -0.2) is 34.5 Å². The van der Waals surface area contributed by atoms with Gasteiger partial charge in [0.1, 0.15) is 11.5 Å². The zero-order chi connectivity index (χ0) is 13.9. The van der Waals surface area contributed by atoms with E-state index < -0.39 is 0 Å². The molecular formula is C15H26N2OS. The van der Waals surface area contributed by atoms with Crippen molar-refractivity contribution in [2.45, 2.75) is 51.6 Å². The Kier molecular flexibility index (Phi) is 4.98. The van der Waals surface area contributed by atoms with Crippen LogP contribution in [0.4, 0.5) is 0 Å². The van der Waals surface area contributed by atoms with E-state index in [-0.39, 0.29) is 0 Å². The van der Waals surface area contributed by atoms with Crippen LogP contribution < -0.4 is 5.32 Å². The first kappa shape index (κ1) is 14.9. The molecule has 1 aromatic rings. The lowest BCUT2D eigenvalue weighted by atomic mass is 10.2. The van der Waals surface area contributed by atoms with E-state index in [9.17, 15) is 0 Å². The van der Waals surface area contributed by atoms with Gasteiger partial charge in [-0.05, 0) is 26.0 Å². The molecule has 0 bridgehead atoms. The highest BCUT2D eigenvalue weighted by molar-refractivity contribution is 8.00. The third-order valence-electron chi connectivity index (χ3n) is 3.29. The Bertz CT molecular complexity index is 401. The first-order valence-electron chi connectivity index (χ1n) is 7.12. The van der Waals surface area contributed by atoms with Crippen molar-refractivity contribution < 1.29 is 4.42 Å². The molecule has 2 heterocycles. The summed E-state index contributed by atoms with van der Waals surface area (Å²) in [5.74, 6) is 3.34. The zero-order valence-electron chi connectivity index (χ0n) is 12.5. The van der Waals surface area contributed by atoms with Crippen molar-refractivity contribution >= 4 is 11.8 Å². The second kappa shape index (κ2) is 6.33. The third kappa shape index (κ3) is 4.86. The van der Waals surface area contributed by atoms with E-state index in [1.54, 1.807) is 0 Å². The topological polar surface area (TPSA) is 28.4 Å². The average Bonchev–Trinajstić information content (AvgIpc) is 2.73. The molecule has 0 spiro atoms. The van der Waals surface area contributed by atoms with E-state index in [4.69, 9.17) is 4.42 Å². The fraction of sp³-hybridized carbons (Fsp3) is 0.733. The molecule has 0 saturated carbocycles. The molecule has 1 N–H and O–H groups in total. The average molecular weight is 282 g/mol. The SMILES string of the molecule is CC(C)NCc1ccc(CN2CCSC(C)(C)C2)o1. The van der Waals surface area contributed by atoms with Gasteiger partial charge in [-0.15, -0.1) is 0 Å². The van der Waals surface area contributed by atoms with Crippen molar-refractivity contribution in [3.8, 4) is 0 Å². The summed E-state index contributed by atoms with van der Waals surface area (Å²) in [6.45, 7) is 13.0. The van der Waals surface area contributed by atoms with Gasteiger partial charge in [-0.25, -0.2) is 0 Å². The Morgan fingerprint density at radius 1 is 1.37 bits per heavy atom. The Labute approximate surface area is 121 Å². The van der Waals surface area contributed by atoms with Gasteiger partial charge in [0.05, 0.1) is 13.1 Å². The summed E-state index contributed by atoms with van der Waals surface area (Å²) < 4.78 is 6.26. The van der Waals surface area contributed by atoms with Crippen molar-refractivity contribution in [3.63, 3.8) is 0 Å². The van der Waals surface area contributed by atoms with Crippen molar-refractivity contribution in [2.24, 2.45) is 0 Å². The van der Waals surface area contributed by atoms with Gasteiger partial charge in [-0.2, -0.15) is 11.8 Å². The molecule has 0 atom stereocenters. The molecule has 0 aliphatic carbocycles. The number of thioether (sulfide) groups is 1. The van der Waals surface area contributed by atoms with Gasteiger partial charge >= 0.3 is 0 Å². The lowest BCUT2D eigenvalue weighted by Crippen LogP contribution is -2.42. The molecule has 108 valence electrons. The van der Waals surface area contributed by atoms with Crippen LogP contribution >= 0.6 is 11.8 Å². The zero-order valence-corrected chi connectivity index (χ0v) is 13.3. The van der Waals surface area contributed by atoms with E-state index in [2.05, 4.69) is 61.8 Å². The molecule has 3 nitrogen and oxygen atoms in total. The smallest absolute Gasteiger partial charge is 0.118 e. The summed E-state index contributed by atoms with van der Waals surface area (Å²) >= 11 is 2.07. The van der Waals surface area contributed by atoms with E-state index in [0.29, 0.717) is 10.8 Å². The highest BCUT2D eigenvalue weighted by Gasteiger charge is 2.27. The van der Waals surface area contributed by atoms with Gasteiger partial charge in [-0.3, -0.25) is 4.90 Å². The molecule has 1 aromatic heterocycles. The molecule has 4 heteroatoms.